The third-order valence-corrected chi connectivity index (χ3v) is 2.25. The Morgan fingerprint density at radius 3 is 2.05 bits per heavy atom. The van der Waals surface area contributed by atoms with Crippen LogP contribution in [0.4, 0.5) is 0 Å². The molecule has 1 rings (SSSR count). The van der Waals surface area contributed by atoms with Crippen molar-refractivity contribution in [1.29, 1.82) is 5.26 Å². The molecule has 1 aromatic rings. The van der Waals surface area contributed by atoms with Gasteiger partial charge in [0.05, 0.1) is 18.2 Å². The van der Waals surface area contributed by atoms with Crippen molar-refractivity contribution in [2.75, 3.05) is 20.8 Å². The largest absolute Gasteiger partial charge is 0.494 e. The number of methoxy groups -OCH3 is 1. The first-order valence-corrected chi connectivity index (χ1v) is 5.95. The van der Waals surface area contributed by atoms with E-state index in [0.717, 1.165) is 0 Å². The van der Waals surface area contributed by atoms with E-state index in [-0.39, 0.29) is 13.0 Å². The quantitative estimate of drug-likeness (QED) is 0.761. The summed E-state index contributed by atoms with van der Waals surface area (Å²) >= 11 is 0. The van der Waals surface area contributed by atoms with Crippen molar-refractivity contribution in [3.63, 3.8) is 0 Å². The fourth-order valence-electron chi connectivity index (χ4n) is 1.27. The second kappa shape index (κ2) is 10.2. The Labute approximate surface area is 122 Å². The fourth-order valence-corrected chi connectivity index (χ4v) is 1.27. The summed E-state index contributed by atoms with van der Waals surface area (Å²) in [7, 11) is 3.25. The summed E-state index contributed by atoms with van der Waals surface area (Å²) in [6.45, 7) is -0.0187. The van der Waals surface area contributed by atoms with Crippen LogP contribution in [0.2, 0.25) is 0 Å². The summed E-state index contributed by atoms with van der Waals surface area (Å²) in [6, 6.07) is 8.19. The Morgan fingerprint density at radius 2 is 1.67 bits per heavy atom. The minimum atomic E-state index is -1.47. The summed E-state index contributed by atoms with van der Waals surface area (Å²) in [4.78, 5) is 21.2. The van der Waals surface area contributed by atoms with Gasteiger partial charge in [-0.15, -0.1) is 0 Å². The summed E-state index contributed by atoms with van der Waals surface area (Å²) in [5.74, 6) is -3.77. The van der Waals surface area contributed by atoms with Crippen molar-refractivity contribution in [2.24, 2.45) is 5.92 Å². The highest BCUT2D eigenvalue weighted by molar-refractivity contribution is 5.92. The molecule has 0 amide bonds. The highest BCUT2D eigenvalue weighted by atomic mass is 16.5. The maximum absolute atomic E-state index is 10.6. The molecular weight excluding hydrogens is 278 g/mol. The standard InChI is InChI=1S/C12H11NO5.C2H6O/c13-7-8-1-3-9(4-2-8)18-6-5-10(11(14)15)12(16)17;1-3-2/h1-4,10H,5-6H2,(H,14,15)(H,16,17);1-2H3. The first-order chi connectivity index (χ1) is 9.96. The molecule has 7 nitrogen and oxygen atoms in total. The minimum absolute atomic E-state index is 0.0187. The van der Waals surface area contributed by atoms with Gasteiger partial charge >= 0.3 is 11.9 Å². The van der Waals surface area contributed by atoms with Gasteiger partial charge in [-0.05, 0) is 24.3 Å². The van der Waals surface area contributed by atoms with Gasteiger partial charge in [-0.3, -0.25) is 9.59 Å². The molecule has 1 aromatic carbocycles. The second-order valence-electron chi connectivity index (χ2n) is 3.91. The Hall–Kier alpha value is -2.59. The highest BCUT2D eigenvalue weighted by Gasteiger charge is 2.25. The molecule has 114 valence electrons. The van der Waals surface area contributed by atoms with Crippen LogP contribution in [0.15, 0.2) is 24.3 Å². The summed E-state index contributed by atoms with van der Waals surface area (Å²) < 4.78 is 9.45. The van der Waals surface area contributed by atoms with Gasteiger partial charge in [0.25, 0.3) is 0 Å². The Kier molecular flexibility index (Phi) is 8.97. The lowest BCUT2D eigenvalue weighted by molar-refractivity contribution is -0.155. The lowest BCUT2D eigenvalue weighted by Crippen LogP contribution is -2.25. The molecule has 0 heterocycles. The Bertz CT molecular complexity index is 477. The number of hydrogen-bond acceptors (Lipinski definition) is 5. The zero-order valence-electron chi connectivity index (χ0n) is 11.8. The Balaban J connectivity index is 0.00000122. The molecule has 0 aliphatic carbocycles. The van der Waals surface area contributed by atoms with E-state index >= 15 is 0 Å². The fraction of sp³-hybridized carbons (Fsp3) is 0.357. The van der Waals surface area contributed by atoms with Crippen LogP contribution in [0.3, 0.4) is 0 Å². The lowest BCUT2D eigenvalue weighted by Gasteiger charge is -2.09. The number of rotatable bonds is 6. The van der Waals surface area contributed by atoms with Gasteiger partial charge in [0.1, 0.15) is 5.75 Å². The number of aliphatic carboxylic acids is 2. The van der Waals surface area contributed by atoms with E-state index in [9.17, 15) is 9.59 Å². The van der Waals surface area contributed by atoms with Crippen LogP contribution in [0, 0.1) is 17.2 Å². The molecule has 0 radical (unpaired) electrons. The number of ether oxygens (including phenoxy) is 2. The molecule has 0 spiro atoms. The van der Waals surface area contributed by atoms with Gasteiger partial charge in [0.2, 0.25) is 0 Å². The van der Waals surface area contributed by atoms with Crippen LogP contribution in [0.1, 0.15) is 12.0 Å². The lowest BCUT2D eigenvalue weighted by atomic mass is 10.1. The maximum Gasteiger partial charge on any atom is 0.318 e. The molecule has 2 N–H and O–H groups in total. The van der Waals surface area contributed by atoms with Crippen LogP contribution < -0.4 is 4.74 Å². The van der Waals surface area contributed by atoms with Crippen molar-refractivity contribution >= 4 is 11.9 Å². The second-order valence-corrected chi connectivity index (χ2v) is 3.91. The first kappa shape index (κ1) is 18.4. The van der Waals surface area contributed by atoms with E-state index in [0.29, 0.717) is 11.3 Å². The predicted octanol–water partition coefficient (Wildman–Crippen LogP) is 1.38. The normalized spacial score (nSPS) is 9.24. The van der Waals surface area contributed by atoms with Crippen molar-refractivity contribution in [1.82, 2.24) is 0 Å². The van der Waals surface area contributed by atoms with Crippen molar-refractivity contribution in [3.8, 4) is 11.8 Å². The number of hydrogen-bond donors (Lipinski definition) is 2. The monoisotopic (exact) mass is 295 g/mol. The number of nitriles is 1. The van der Waals surface area contributed by atoms with E-state index in [1.54, 1.807) is 38.5 Å². The van der Waals surface area contributed by atoms with Crippen LogP contribution >= 0.6 is 0 Å². The number of carboxylic acids is 2. The van der Waals surface area contributed by atoms with Gasteiger partial charge in [0.15, 0.2) is 5.92 Å². The molecule has 0 aromatic heterocycles. The van der Waals surface area contributed by atoms with Crippen LogP contribution in [-0.2, 0) is 14.3 Å². The Morgan fingerprint density at radius 1 is 1.19 bits per heavy atom. The molecule has 0 saturated carbocycles. The number of carbonyl (C=O) groups is 2. The average Bonchev–Trinajstić information content (AvgIpc) is 2.44. The van der Waals surface area contributed by atoms with Gasteiger partial charge < -0.3 is 19.7 Å². The zero-order chi connectivity index (χ0) is 16.3. The molecule has 21 heavy (non-hydrogen) atoms. The van der Waals surface area contributed by atoms with E-state index in [4.69, 9.17) is 20.2 Å². The van der Waals surface area contributed by atoms with Gasteiger partial charge in [-0.25, -0.2) is 0 Å². The smallest absolute Gasteiger partial charge is 0.318 e. The molecule has 0 unspecified atom stereocenters. The van der Waals surface area contributed by atoms with E-state index in [1.165, 1.54) is 0 Å². The van der Waals surface area contributed by atoms with Gasteiger partial charge in [-0.2, -0.15) is 5.26 Å². The van der Waals surface area contributed by atoms with Crippen LogP contribution in [0.5, 0.6) is 5.75 Å². The van der Waals surface area contributed by atoms with Crippen LogP contribution in [-0.4, -0.2) is 43.0 Å². The molecular formula is C14H17NO6. The third kappa shape index (κ3) is 7.54. The van der Waals surface area contributed by atoms with Gasteiger partial charge in [0, 0.05) is 20.6 Å². The molecule has 0 fully saturated rings. The molecule has 0 atom stereocenters. The SMILES string of the molecule is COC.N#Cc1ccc(OCCC(C(=O)O)C(=O)O)cc1. The number of nitrogens with zero attached hydrogens (tertiary/aromatic N) is 1. The van der Waals surface area contributed by atoms with Crippen molar-refractivity contribution in [3.05, 3.63) is 29.8 Å². The maximum atomic E-state index is 10.6. The molecule has 0 saturated heterocycles. The van der Waals surface area contributed by atoms with E-state index < -0.39 is 17.9 Å². The molecule has 7 heteroatoms. The van der Waals surface area contributed by atoms with E-state index in [1.807, 2.05) is 6.07 Å². The highest BCUT2D eigenvalue weighted by Crippen LogP contribution is 2.13. The molecule has 0 aliphatic heterocycles. The number of carboxylic acid groups (broad SMARTS) is 2. The summed E-state index contributed by atoms with van der Waals surface area (Å²) in [6.07, 6.45) is -0.120. The van der Waals surface area contributed by atoms with E-state index in [2.05, 4.69) is 4.74 Å². The van der Waals surface area contributed by atoms with Crippen LogP contribution in [0.25, 0.3) is 0 Å². The third-order valence-electron chi connectivity index (χ3n) is 2.25. The summed E-state index contributed by atoms with van der Waals surface area (Å²) in [5, 5.41) is 25.9. The zero-order valence-corrected chi connectivity index (χ0v) is 11.8. The first-order valence-electron chi connectivity index (χ1n) is 5.95. The topological polar surface area (TPSA) is 117 Å². The minimum Gasteiger partial charge on any atom is -0.494 e. The van der Waals surface area contributed by atoms with Crippen molar-refractivity contribution < 1.29 is 29.3 Å². The average molecular weight is 295 g/mol. The number of benzene rings is 1. The van der Waals surface area contributed by atoms with Gasteiger partial charge in [-0.1, -0.05) is 0 Å². The van der Waals surface area contributed by atoms with Crippen molar-refractivity contribution in [2.45, 2.75) is 6.42 Å². The summed E-state index contributed by atoms with van der Waals surface area (Å²) in [5.41, 5.74) is 0.483. The molecule has 0 aliphatic rings. The molecule has 0 bridgehead atoms. The predicted molar refractivity (Wildman–Crippen MR) is 73.0 cm³/mol.